The van der Waals surface area contributed by atoms with Crippen molar-refractivity contribution in [3.8, 4) is 0 Å². The van der Waals surface area contributed by atoms with Gasteiger partial charge in [0.05, 0.1) is 5.52 Å². The smallest absolute Gasteiger partial charge is 0.325 e. The topological polar surface area (TPSA) is 62.2 Å². The van der Waals surface area contributed by atoms with E-state index in [1.807, 2.05) is 24.3 Å². The third-order valence-corrected chi connectivity index (χ3v) is 2.69. The van der Waals surface area contributed by atoms with Crippen LogP contribution in [0.25, 0.3) is 10.9 Å². The summed E-state index contributed by atoms with van der Waals surface area (Å²) in [5.74, 6) is -0.921. The first-order valence-corrected chi connectivity index (χ1v) is 5.64. The zero-order valence-corrected chi connectivity index (χ0v) is 9.84. The highest BCUT2D eigenvalue weighted by Crippen LogP contribution is 2.22. The van der Waals surface area contributed by atoms with Gasteiger partial charge in [-0.05, 0) is 6.07 Å². The SMILES string of the molecule is C=CCNC(C(=O)O)c1cccc2cccnc12. The lowest BCUT2D eigenvalue weighted by Crippen LogP contribution is -2.28. The number of hydrogen-bond acceptors (Lipinski definition) is 3. The van der Waals surface area contributed by atoms with Gasteiger partial charge in [0.2, 0.25) is 0 Å². The van der Waals surface area contributed by atoms with E-state index in [0.29, 0.717) is 17.6 Å². The molecule has 0 radical (unpaired) electrons. The van der Waals surface area contributed by atoms with Gasteiger partial charge >= 0.3 is 5.97 Å². The number of rotatable bonds is 5. The minimum Gasteiger partial charge on any atom is -0.480 e. The predicted molar refractivity (Wildman–Crippen MR) is 70.3 cm³/mol. The number of carboxylic acid groups (broad SMARTS) is 1. The molecule has 2 aromatic rings. The lowest BCUT2D eigenvalue weighted by molar-refractivity contribution is -0.139. The second kappa shape index (κ2) is 5.42. The molecule has 0 aliphatic rings. The molecule has 0 aliphatic carbocycles. The number of para-hydroxylation sites is 1. The van der Waals surface area contributed by atoms with Crippen molar-refractivity contribution in [2.75, 3.05) is 6.54 Å². The van der Waals surface area contributed by atoms with Crippen LogP contribution in [-0.2, 0) is 4.79 Å². The standard InChI is InChI=1S/C14H14N2O2/c1-2-8-15-13(14(17)18)11-7-3-5-10-6-4-9-16-12(10)11/h2-7,9,13,15H,1,8H2,(H,17,18). The van der Waals surface area contributed by atoms with Crippen LogP contribution in [0.15, 0.2) is 49.2 Å². The highest BCUT2D eigenvalue weighted by atomic mass is 16.4. The fraction of sp³-hybridized carbons (Fsp3) is 0.143. The molecule has 1 aromatic heterocycles. The summed E-state index contributed by atoms with van der Waals surface area (Å²) in [7, 11) is 0. The number of benzene rings is 1. The highest BCUT2D eigenvalue weighted by molar-refractivity contribution is 5.87. The van der Waals surface area contributed by atoms with Crippen molar-refractivity contribution in [3.05, 3.63) is 54.7 Å². The number of nitrogens with zero attached hydrogens (tertiary/aromatic N) is 1. The van der Waals surface area contributed by atoms with E-state index in [1.165, 1.54) is 0 Å². The molecular weight excluding hydrogens is 228 g/mol. The maximum absolute atomic E-state index is 11.3. The minimum atomic E-state index is -0.921. The monoisotopic (exact) mass is 242 g/mol. The fourth-order valence-corrected chi connectivity index (χ4v) is 1.89. The summed E-state index contributed by atoms with van der Waals surface area (Å²) < 4.78 is 0. The van der Waals surface area contributed by atoms with Gasteiger partial charge in [-0.25, -0.2) is 0 Å². The Hall–Kier alpha value is -2.20. The van der Waals surface area contributed by atoms with Crippen LogP contribution in [0.1, 0.15) is 11.6 Å². The summed E-state index contributed by atoms with van der Waals surface area (Å²) in [6.45, 7) is 4.01. The molecule has 1 atom stereocenters. The largest absolute Gasteiger partial charge is 0.480 e. The fourth-order valence-electron chi connectivity index (χ4n) is 1.89. The number of aromatic nitrogens is 1. The van der Waals surface area contributed by atoms with E-state index in [4.69, 9.17) is 0 Å². The van der Waals surface area contributed by atoms with Crippen molar-refractivity contribution in [1.82, 2.24) is 10.3 Å². The molecule has 0 saturated heterocycles. The van der Waals surface area contributed by atoms with Crippen LogP contribution in [0, 0.1) is 0 Å². The molecule has 2 N–H and O–H groups in total. The van der Waals surface area contributed by atoms with Crippen molar-refractivity contribution in [2.24, 2.45) is 0 Å². The molecule has 4 nitrogen and oxygen atoms in total. The Morgan fingerprint density at radius 3 is 2.94 bits per heavy atom. The van der Waals surface area contributed by atoms with Crippen LogP contribution >= 0.6 is 0 Å². The average molecular weight is 242 g/mol. The van der Waals surface area contributed by atoms with E-state index in [9.17, 15) is 9.90 Å². The Morgan fingerprint density at radius 1 is 1.44 bits per heavy atom. The molecule has 92 valence electrons. The normalized spacial score (nSPS) is 12.2. The molecule has 0 amide bonds. The van der Waals surface area contributed by atoms with E-state index in [-0.39, 0.29) is 0 Å². The Morgan fingerprint density at radius 2 is 2.22 bits per heavy atom. The zero-order chi connectivity index (χ0) is 13.0. The molecule has 0 bridgehead atoms. The van der Waals surface area contributed by atoms with Gasteiger partial charge < -0.3 is 5.11 Å². The van der Waals surface area contributed by atoms with Crippen LogP contribution in [0.3, 0.4) is 0 Å². The van der Waals surface area contributed by atoms with Gasteiger partial charge in [0.15, 0.2) is 0 Å². The highest BCUT2D eigenvalue weighted by Gasteiger charge is 2.21. The van der Waals surface area contributed by atoms with Crippen LogP contribution in [0.2, 0.25) is 0 Å². The van der Waals surface area contributed by atoms with Gasteiger partial charge in [-0.3, -0.25) is 15.1 Å². The lowest BCUT2D eigenvalue weighted by atomic mass is 10.0. The molecule has 1 aromatic carbocycles. The zero-order valence-electron chi connectivity index (χ0n) is 9.84. The third-order valence-electron chi connectivity index (χ3n) is 2.69. The molecule has 2 rings (SSSR count). The Balaban J connectivity index is 2.49. The van der Waals surface area contributed by atoms with Crippen molar-refractivity contribution in [1.29, 1.82) is 0 Å². The Kier molecular flexibility index (Phi) is 3.69. The molecular formula is C14H14N2O2. The van der Waals surface area contributed by atoms with E-state index in [2.05, 4.69) is 16.9 Å². The van der Waals surface area contributed by atoms with Gasteiger partial charge in [-0.2, -0.15) is 0 Å². The number of pyridine rings is 1. The van der Waals surface area contributed by atoms with Crippen LogP contribution in [0.4, 0.5) is 0 Å². The van der Waals surface area contributed by atoms with Crippen molar-refractivity contribution >= 4 is 16.9 Å². The van der Waals surface area contributed by atoms with Crippen LogP contribution in [0.5, 0.6) is 0 Å². The molecule has 1 unspecified atom stereocenters. The number of hydrogen-bond donors (Lipinski definition) is 2. The molecule has 0 spiro atoms. The van der Waals surface area contributed by atoms with Crippen molar-refractivity contribution in [2.45, 2.75) is 6.04 Å². The summed E-state index contributed by atoms with van der Waals surface area (Å²) in [4.78, 5) is 15.6. The quantitative estimate of drug-likeness (QED) is 0.788. The summed E-state index contributed by atoms with van der Waals surface area (Å²) in [5.41, 5.74) is 1.38. The predicted octanol–water partition coefficient (Wildman–Crippen LogP) is 2.14. The average Bonchev–Trinajstić information content (AvgIpc) is 2.39. The second-order valence-corrected chi connectivity index (χ2v) is 3.89. The van der Waals surface area contributed by atoms with Gasteiger partial charge in [0.1, 0.15) is 6.04 Å². The first kappa shape index (κ1) is 12.3. The van der Waals surface area contributed by atoms with Gasteiger partial charge in [0.25, 0.3) is 0 Å². The molecule has 18 heavy (non-hydrogen) atoms. The first-order valence-electron chi connectivity index (χ1n) is 5.64. The molecule has 0 aliphatic heterocycles. The van der Waals surface area contributed by atoms with Crippen molar-refractivity contribution in [3.63, 3.8) is 0 Å². The van der Waals surface area contributed by atoms with Gasteiger partial charge in [0, 0.05) is 23.7 Å². The number of fused-ring (bicyclic) bond motifs is 1. The third kappa shape index (κ3) is 2.38. The lowest BCUT2D eigenvalue weighted by Gasteiger charge is -2.15. The van der Waals surface area contributed by atoms with E-state index < -0.39 is 12.0 Å². The van der Waals surface area contributed by atoms with E-state index in [0.717, 1.165) is 5.39 Å². The van der Waals surface area contributed by atoms with Crippen LogP contribution in [-0.4, -0.2) is 22.6 Å². The summed E-state index contributed by atoms with van der Waals surface area (Å²) >= 11 is 0. The molecule has 1 heterocycles. The van der Waals surface area contributed by atoms with Gasteiger partial charge in [-0.15, -0.1) is 6.58 Å². The number of nitrogens with one attached hydrogen (secondary N) is 1. The first-order chi connectivity index (χ1) is 8.74. The van der Waals surface area contributed by atoms with Crippen LogP contribution < -0.4 is 5.32 Å². The summed E-state index contributed by atoms with van der Waals surface area (Å²) in [5, 5.41) is 13.1. The minimum absolute atomic E-state index is 0.431. The number of aliphatic carboxylic acids is 1. The Labute approximate surface area is 105 Å². The van der Waals surface area contributed by atoms with E-state index in [1.54, 1.807) is 18.3 Å². The summed E-state index contributed by atoms with van der Waals surface area (Å²) in [6.07, 6.45) is 3.30. The molecule has 0 saturated carbocycles. The maximum Gasteiger partial charge on any atom is 0.325 e. The molecule has 4 heteroatoms. The van der Waals surface area contributed by atoms with E-state index >= 15 is 0 Å². The van der Waals surface area contributed by atoms with Crippen molar-refractivity contribution < 1.29 is 9.90 Å². The number of carboxylic acids is 1. The Bertz CT molecular complexity index is 576. The second-order valence-electron chi connectivity index (χ2n) is 3.89. The molecule has 0 fully saturated rings. The maximum atomic E-state index is 11.3. The summed E-state index contributed by atoms with van der Waals surface area (Å²) in [6, 6.07) is 8.51. The number of carbonyl (C=O) groups is 1. The van der Waals surface area contributed by atoms with Gasteiger partial charge in [-0.1, -0.05) is 30.3 Å².